The number of ether oxygens (including phenoxy) is 2. The molecule has 1 fully saturated rings. The number of hydrogen-bond acceptors (Lipinski definition) is 4. The number of para-hydroxylation sites is 1. The number of halogens is 2. The number of esters is 1. The molecule has 1 aliphatic rings. The number of carbonyl (C=O) groups is 1. The van der Waals surface area contributed by atoms with Crippen molar-refractivity contribution in [2.24, 2.45) is 17.3 Å². The highest BCUT2D eigenvalue weighted by molar-refractivity contribution is 9.28. The van der Waals surface area contributed by atoms with Crippen molar-refractivity contribution in [2.45, 2.75) is 33.3 Å². The topological polar surface area (TPSA) is 59.3 Å². The third-order valence-electron chi connectivity index (χ3n) is 5.64. The van der Waals surface area contributed by atoms with Crippen molar-refractivity contribution in [1.29, 1.82) is 5.26 Å². The normalized spacial score (nSPS) is 19.9. The standard InChI is InChI=1S/C24H23Br2NO3/c1-15(22(25)26)12-19-21(24(19,2)3)23(28)30-20(14-27)16-8-7-11-18(13-16)29-17-9-5-4-6-10-17/h4-11,13,19-21H,12H2,1-3H3. The molecule has 0 heterocycles. The number of carbonyl (C=O) groups excluding carboxylic acids is 1. The minimum atomic E-state index is -0.978. The molecule has 0 bridgehead atoms. The third kappa shape index (κ3) is 5.14. The van der Waals surface area contributed by atoms with E-state index in [1.807, 2.05) is 37.3 Å². The number of allylic oxidation sites excluding steroid dienone is 1. The smallest absolute Gasteiger partial charge is 0.311 e. The van der Waals surface area contributed by atoms with Gasteiger partial charge in [-0.05, 0) is 80.8 Å². The fourth-order valence-corrected chi connectivity index (χ4v) is 4.05. The summed E-state index contributed by atoms with van der Waals surface area (Å²) < 4.78 is 12.4. The van der Waals surface area contributed by atoms with E-state index >= 15 is 0 Å². The van der Waals surface area contributed by atoms with Crippen LogP contribution in [-0.2, 0) is 9.53 Å². The molecule has 2 aromatic rings. The summed E-state index contributed by atoms with van der Waals surface area (Å²) in [6, 6.07) is 18.6. The average Bonchev–Trinajstić information content (AvgIpc) is 3.26. The molecule has 3 atom stereocenters. The van der Waals surface area contributed by atoms with Gasteiger partial charge < -0.3 is 9.47 Å². The molecular formula is C24H23Br2NO3. The van der Waals surface area contributed by atoms with Crippen LogP contribution < -0.4 is 4.74 Å². The first kappa shape index (κ1) is 22.6. The van der Waals surface area contributed by atoms with Crippen molar-refractivity contribution >= 4 is 37.8 Å². The van der Waals surface area contributed by atoms with E-state index in [4.69, 9.17) is 9.47 Å². The minimum Gasteiger partial charge on any atom is -0.457 e. The zero-order chi connectivity index (χ0) is 21.9. The molecule has 156 valence electrons. The van der Waals surface area contributed by atoms with Gasteiger partial charge in [0.2, 0.25) is 6.10 Å². The summed E-state index contributed by atoms with van der Waals surface area (Å²) in [5.74, 6) is 0.907. The first-order chi connectivity index (χ1) is 14.2. The second-order valence-electron chi connectivity index (χ2n) is 8.08. The maximum Gasteiger partial charge on any atom is 0.311 e. The average molecular weight is 533 g/mol. The van der Waals surface area contributed by atoms with E-state index in [1.165, 1.54) is 0 Å². The monoisotopic (exact) mass is 531 g/mol. The molecule has 0 saturated heterocycles. The SMILES string of the molecule is CC(CC1C(C(=O)OC(C#N)c2cccc(Oc3ccccc3)c2)C1(C)C)=C(Br)Br. The Morgan fingerprint density at radius 2 is 1.80 bits per heavy atom. The van der Waals surface area contributed by atoms with E-state index in [9.17, 15) is 10.1 Å². The molecule has 3 rings (SSSR count). The van der Waals surface area contributed by atoms with Crippen LogP contribution in [0.2, 0.25) is 0 Å². The summed E-state index contributed by atoms with van der Waals surface area (Å²) in [6.45, 7) is 6.15. The van der Waals surface area contributed by atoms with Crippen LogP contribution >= 0.6 is 31.9 Å². The lowest BCUT2D eigenvalue weighted by molar-refractivity contribution is -0.149. The second-order valence-corrected chi connectivity index (χ2v) is 10.7. The van der Waals surface area contributed by atoms with E-state index in [0.29, 0.717) is 17.1 Å². The summed E-state index contributed by atoms with van der Waals surface area (Å²) in [6.07, 6.45) is -0.190. The van der Waals surface area contributed by atoms with Gasteiger partial charge in [0.15, 0.2) is 0 Å². The molecule has 1 saturated carbocycles. The van der Waals surface area contributed by atoms with Gasteiger partial charge in [-0.15, -0.1) is 0 Å². The zero-order valence-corrected chi connectivity index (χ0v) is 20.2. The van der Waals surface area contributed by atoms with Crippen molar-refractivity contribution in [1.82, 2.24) is 0 Å². The van der Waals surface area contributed by atoms with Crippen LogP contribution in [0.15, 0.2) is 63.6 Å². The quantitative estimate of drug-likeness (QED) is 0.352. The molecule has 0 aromatic heterocycles. The van der Waals surface area contributed by atoms with Gasteiger partial charge in [0, 0.05) is 5.56 Å². The first-order valence-electron chi connectivity index (χ1n) is 9.67. The molecular weight excluding hydrogens is 510 g/mol. The highest BCUT2D eigenvalue weighted by Crippen LogP contribution is 2.61. The van der Waals surface area contributed by atoms with Crippen LogP contribution in [0.1, 0.15) is 38.9 Å². The highest BCUT2D eigenvalue weighted by atomic mass is 79.9. The van der Waals surface area contributed by atoms with E-state index in [1.54, 1.807) is 24.3 Å². The van der Waals surface area contributed by atoms with E-state index in [0.717, 1.165) is 15.4 Å². The van der Waals surface area contributed by atoms with E-state index in [2.05, 4.69) is 51.8 Å². The van der Waals surface area contributed by atoms with Gasteiger partial charge in [0.25, 0.3) is 0 Å². The summed E-state index contributed by atoms with van der Waals surface area (Å²) in [7, 11) is 0. The predicted octanol–water partition coefficient (Wildman–Crippen LogP) is 7.27. The Morgan fingerprint density at radius 1 is 1.13 bits per heavy atom. The predicted molar refractivity (Wildman–Crippen MR) is 123 cm³/mol. The molecule has 30 heavy (non-hydrogen) atoms. The fraction of sp³-hybridized carbons (Fsp3) is 0.333. The first-order valence-corrected chi connectivity index (χ1v) is 11.3. The van der Waals surface area contributed by atoms with Crippen molar-refractivity contribution in [3.63, 3.8) is 0 Å². The van der Waals surface area contributed by atoms with E-state index < -0.39 is 6.10 Å². The van der Waals surface area contributed by atoms with Gasteiger partial charge in [-0.1, -0.05) is 49.8 Å². The van der Waals surface area contributed by atoms with Gasteiger partial charge >= 0.3 is 5.97 Å². The van der Waals surface area contributed by atoms with Crippen molar-refractivity contribution in [3.8, 4) is 17.6 Å². The maximum absolute atomic E-state index is 12.9. The molecule has 0 aliphatic heterocycles. The Labute approximate surface area is 194 Å². The molecule has 0 radical (unpaired) electrons. The summed E-state index contributed by atoms with van der Waals surface area (Å²) in [4.78, 5) is 12.9. The Morgan fingerprint density at radius 3 is 2.43 bits per heavy atom. The van der Waals surface area contributed by atoms with Gasteiger partial charge in [-0.25, -0.2) is 0 Å². The van der Waals surface area contributed by atoms with Crippen LogP contribution in [0, 0.1) is 28.6 Å². The number of nitrogens with zero attached hydrogens (tertiary/aromatic N) is 1. The molecule has 0 spiro atoms. The van der Waals surface area contributed by atoms with Gasteiger partial charge in [0.05, 0.1) is 9.31 Å². The van der Waals surface area contributed by atoms with Crippen molar-refractivity contribution < 1.29 is 14.3 Å². The molecule has 0 N–H and O–H groups in total. The Kier molecular flexibility index (Phi) is 7.05. The number of hydrogen-bond donors (Lipinski definition) is 0. The maximum atomic E-state index is 12.9. The van der Waals surface area contributed by atoms with Crippen molar-refractivity contribution in [3.05, 3.63) is 69.1 Å². The molecule has 0 amide bonds. The highest BCUT2D eigenvalue weighted by Gasteiger charge is 2.62. The van der Waals surface area contributed by atoms with Crippen LogP contribution in [-0.4, -0.2) is 5.97 Å². The number of nitriles is 1. The lowest BCUT2D eigenvalue weighted by Crippen LogP contribution is -2.14. The Bertz CT molecular complexity index is 991. The van der Waals surface area contributed by atoms with Crippen LogP contribution in [0.3, 0.4) is 0 Å². The second kappa shape index (κ2) is 9.36. The number of benzene rings is 2. The lowest BCUT2D eigenvalue weighted by Gasteiger charge is -2.13. The van der Waals surface area contributed by atoms with Gasteiger partial charge in [-0.2, -0.15) is 5.26 Å². The summed E-state index contributed by atoms with van der Waals surface area (Å²) in [5.41, 5.74) is 1.58. The number of rotatable bonds is 7. The molecule has 3 unspecified atom stereocenters. The lowest BCUT2D eigenvalue weighted by atomic mass is 10.0. The van der Waals surface area contributed by atoms with E-state index in [-0.39, 0.29) is 23.2 Å². The third-order valence-corrected chi connectivity index (χ3v) is 7.00. The molecule has 1 aliphatic carbocycles. The Balaban J connectivity index is 1.70. The largest absolute Gasteiger partial charge is 0.457 e. The molecule has 6 heteroatoms. The van der Waals surface area contributed by atoms with Gasteiger partial charge in [-0.3, -0.25) is 4.79 Å². The van der Waals surface area contributed by atoms with Crippen LogP contribution in [0.25, 0.3) is 0 Å². The van der Waals surface area contributed by atoms with Crippen molar-refractivity contribution in [2.75, 3.05) is 0 Å². The molecule has 2 aromatic carbocycles. The summed E-state index contributed by atoms with van der Waals surface area (Å²) in [5, 5.41) is 9.64. The van der Waals surface area contributed by atoms with Crippen LogP contribution in [0.5, 0.6) is 11.5 Å². The minimum absolute atomic E-state index is 0.161. The Hall–Kier alpha value is -2.10. The molecule has 4 nitrogen and oxygen atoms in total. The zero-order valence-electron chi connectivity index (χ0n) is 17.1. The fourth-order valence-electron chi connectivity index (χ4n) is 3.72. The summed E-state index contributed by atoms with van der Waals surface area (Å²) >= 11 is 6.86. The van der Waals surface area contributed by atoms with Gasteiger partial charge in [0.1, 0.15) is 17.6 Å². The van der Waals surface area contributed by atoms with Crippen LogP contribution in [0.4, 0.5) is 0 Å².